The normalized spacial score (nSPS) is 16.3. The van der Waals surface area contributed by atoms with E-state index in [-0.39, 0.29) is 5.91 Å². The zero-order chi connectivity index (χ0) is 15.9. The summed E-state index contributed by atoms with van der Waals surface area (Å²) in [6, 6.07) is 3.71. The summed E-state index contributed by atoms with van der Waals surface area (Å²) in [5.74, 6) is 1.65. The number of nitrogens with zero attached hydrogens (tertiary/aromatic N) is 2. The number of rotatable bonds is 6. The first kappa shape index (κ1) is 16.8. The van der Waals surface area contributed by atoms with Gasteiger partial charge >= 0.3 is 0 Å². The third kappa shape index (κ3) is 4.48. The number of amides is 1. The Morgan fingerprint density at radius 2 is 2.14 bits per heavy atom. The molecule has 0 aromatic heterocycles. The molecule has 1 aliphatic rings. The van der Waals surface area contributed by atoms with Crippen molar-refractivity contribution in [2.75, 3.05) is 19.0 Å². The highest BCUT2D eigenvalue weighted by molar-refractivity contribution is 9.10. The van der Waals surface area contributed by atoms with Crippen LogP contribution < -0.4 is 14.8 Å². The molecule has 0 bridgehead atoms. The molecule has 0 unspecified atom stereocenters. The lowest BCUT2D eigenvalue weighted by molar-refractivity contribution is -0.116. The van der Waals surface area contributed by atoms with Crippen LogP contribution in [0.4, 0.5) is 0 Å². The molecule has 1 heterocycles. The molecule has 22 heavy (non-hydrogen) atoms. The van der Waals surface area contributed by atoms with Crippen molar-refractivity contribution >= 4 is 45.0 Å². The van der Waals surface area contributed by atoms with Crippen molar-refractivity contribution in [3.63, 3.8) is 0 Å². The Hall–Kier alpha value is -1.54. The molecule has 0 atom stereocenters. The first-order valence-corrected chi connectivity index (χ1v) is 8.54. The first-order chi connectivity index (χ1) is 10.6. The maximum atomic E-state index is 11.0. The molecule has 0 aliphatic carbocycles. The third-order valence-corrected chi connectivity index (χ3v) is 4.01. The standard InChI is InChI=1S/C14H16BrN3O3S/c1-3-20-11-6-9(5-10(15)13(11)21-4-2)7-16-18-14-17-12(19)8-22-14/h5-7H,3-4,8H2,1-2H3,(H,17,18,19). The summed E-state index contributed by atoms with van der Waals surface area (Å²) in [5, 5.41) is 11.1. The summed E-state index contributed by atoms with van der Waals surface area (Å²) in [4.78, 5) is 11.0. The average molecular weight is 386 g/mol. The van der Waals surface area contributed by atoms with E-state index in [0.717, 1.165) is 10.0 Å². The highest BCUT2D eigenvalue weighted by Crippen LogP contribution is 2.36. The van der Waals surface area contributed by atoms with Gasteiger partial charge in [-0.05, 0) is 47.5 Å². The highest BCUT2D eigenvalue weighted by Gasteiger charge is 2.16. The first-order valence-electron chi connectivity index (χ1n) is 6.76. The van der Waals surface area contributed by atoms with Crippen LogP contribution in [-0.4, -0.2) is 36.3 Å². The van der Waals surface area contributed by atoms with Crippen molar-refractivity contribution in [3.05, 3.63) is 22.2 Å². The van der Waals surface area contributed by atoms with Gasteiger partial charge in [0.2, 0.25) is 5.91 Å². The van der Waals surface area contributed by atoms with Gasteiger partial charge in [0.1, 0.15) is 0 Å². The fraction of sp³-hybridized carbons (Fsp3) is 0.357. The Labute approximate surface area is 141 Å². The molecule has 1 aliphatic heterocycles. The zero-order valence-electron chi connectivity index (χ0n) is 12.3. The van der Waals surface area contributed by atoms with E-state index in [1.807, 2.05) is 26.0 Å². The SMILES string of the molecule is CCOc1cc(C=NN=C2NC(=O)CS2)cc(Br)c1OCC. The summed E-state index contributed by atoms with van der Waals surface area (Å²) in [7, 11) is 0. The number of carbonyl (C=O) groups excluding carboxylic acids is 1. The maximum Gasteiger partial charge on any atom is 0.236 e. The Balaban J connectivity index is 2.18. The lowest BCUT2D eigenvalue weighted by Crippen LogP contribution is -2.19. The molecule has 8 heteroatoms. The summed E-state index contributed by atoms with van der Waals surface area (Å²) in [5.41, 5.74) is 0.817. The van der Waals surface area contributed by atoms with Crippen molar-refractivity contribution < 1.29 is 14.3 Å². The van der Waals surface area contributed by atoms with E-state index in [2.05, 4.69) is 31.4 Å². The van der Waals surface area contributed by atoms with E-state index in [1.54, 1.807) is 6.21 Å². The Kier molecular flexibility index (Phi) is 6.26. The molecule has 0 radical (unpaired) electrons. The number of ether oxygens (including phenoxy) is 2. The van der Waals surface area contributed by atoms with E-state index in [1.165, 1.54) is 11.8 Å². The largest absolute Gasteiger partial charge is 0.490 e. The molecule has 6 nitrogen and oxygen atoms in total. The molecule has 2 rings (SSSR count). The summed E-state index contributed by atoms with van der Waals surface area (Å²) >= 11 is 4.80. The monoisotopic (exact) mass is 385 g/mol. The molecule has 1 amide bonds. The fourth-order valence-corrected chi connectivity index (χ4v) is 2.94. The number of halogens is 1. The van der Waals surface area contributed by atoms with Crippen molar-refractivity contribution in [2.45, 2.75) is 13.8 Å². The molecule has 0 spiro atoms. The van der Waals surface area contributed by atoms with Gasteiger partial charge in [-0.1, -0.05) is 11.8 Å². The Morgan fingerprint density at radius 3 is 2.77 bits per heavy atom. The molecular formula is C14H16BrN3O3S. The van der Waals surface area contributed by atoms with Crippen molar-refractivity contribution in [3.8, 4) is 11.5 Å². The minimum absolute atomic E-state index is 0.0543. The zero-order valence-corrected chi connectivity index (χ0v) is 14.7. The van der Waals surface area contributed by atoms with Gasteiger partial charge in [0.05, 0.1) is 29.7 Å². The van der Waals surface area contributed by atoms with E-state index < -0.39 is 0 Å². The van der Waals surface area contributed by atoms with Gasteiger partial charge in [-0.2, -0.15) is 5.10 Å². The van der Waals surface area contributed by atoms with Gasteiger partial charge in [-0.15, -0.1) is 5.10 Å². The van der Waals surface area contributed by atoms with Gasteiger partial charge < -0.3 is 14.8 Å². The van der Waals surface area contributed by atoms with E-state index in [9.17, 15) is 4.79 Å². The molecule has 1 aromatic carbocycles. The van der Waals surface area contributed by atoms with Crippen LogP contribution >= 0.6 is 27.7 Å². The minimum atomic E-state index is -0.0543. The predicted molar refractivity (Wildman–Crippen MR) is 92.1 cm³/mol. The molecular weight excluding hydrogens is 370 g/mol. The van der Waals surface area contributed by atoms with Crippen LogP contribution in [0.1, 0.15) is 19.4 Å². The number of amidine groups is 1. The number of hydrogen-bond donors (Lipinski definition) is 1. The van der Waals surface area contributed by atoms with E-state index >= 15 is 0 Å². The van der Waals surface area contributed by atoms with Crippen LogP contribution in [-0.2, 0) is 4.79 Å². The van der Waals surface area contributed by atoms with Crippen LogP contribution in [0.25, 0.3) is 0 Å². The Morgan fingerprint density at radius 1 is 1.36 bits per heavy atom. The number of thioether (sulfide) groups is 1. The van der Waals surface area contributed by atoms with Gasteiger partial charge in [0.25, 0.3) is 0 Å². The van der Waals surface area contributed by atoms with Gasteiger partial charge in [0, 0.05) is 0 Å². The summed E-state index contributed by atoms with van der Waals surface area (Å²) < 4.78 is 12.0. The lowest BCUT2D eigenvalue weighted by Gasteiger charge is -2.13. The quantitative estimate of drug-likeness (QED) is 0.603. The number of nitrogens with one attached hydrogen (secondary N) is 1. The Bertz CT molecular complexity index is 620. The smallest absolute Gasteiger partial charge is 0.236 e. The predicted octanol–water partition coefficient (Wildman–Crippen LogP) is 2.80. The second-order valence-corrected chi connectivity index (χ2v) is 6.00. The number of hydrogen-bond acceptors (Lipinski definition) is 6. The van der Waals surface area contributed by atoms with Crippen molar-refractivity contribution in [2.24, 2.45) is 10.2 Å². The van der Waals surface area contributed by atoms with Gasteiger partial charge in [-0.25, -0.2) is 0 Å². The van der Waals surface area contributed by atoms with Crippen LogP contribution in [0, 0.1) is 0 Å². The van der Waals surface area contributed by atoms with Gasteiger partial charge in [0.15, 0.2) is 16.7 Å². The highest BCUT2D eigenvalue weighted by atomic mass is 79.9. The molecule has 1 N–H and O–H groups in total. The van der Waals surface area contributed by atoms with E-state index in [0.29, 0.717) is 35.6 Å². The van der Waals surface area contributed by atoms with Crippen LogP contribution in [0.5, 0.6) is 11.5 Å². The van der Waals surface area contributed by atoms with Crippen LogP contribution in [0.15, 0.2) is 26.8 Å². The molecule has 118 valence electrons. The summed E-state index contributed by atoms with van der Waals surface area (Å²) in [6.07, 6.45) is 1.60. The van der Waals surface area contributed by atoms with Gasteiger partial charge in [-0.3, -0.25) is 4.79 Å². The second kappa shape index (κ2) is 8.19. The average Bonchev–Trinajstić information content (AvgIpc) is 2.89. The topological polar surface area (TPSA) is 72.3 Å². The third-order valence-electron chi connectivity index (χ3n) is 2.56. The van der Waals surface area contributed by atoms with Crippen LogP contribution in [0.2, 0.25) is 0 Å². The molecule has 0 saturated carbocycles. The maximum absolute atomic E-state index is 11.0. The second-order valence-electron chi connectivity index (χ2n) is 4.18. The van der Waals surface area contributed by atoms with E-state index in [4.69, 9.17) is 9.47 Å². The molecule has 1 fully saturated rings. The number of carbonyl (C=O) groups is 1. The minimum Gasteiger partial charge on any atom is -0.490 e. The van der Waals surface area contributed by atoms with Crippen molar-refractivity contribution in [1.29, 1.82) is 0 Å². The van der Waals surface area contributed by atoms with Crippen molar-refractivity contribution in [1.82, 2.24) is 5.32 Å². The lowest BCUT2D eigenvalue weighted by atomic mass is 10.2. The summed E-state index contributed by atoms with van der Waals surface area (Å²) in [6.45, 7) is 4.92. The fourth-order valence-electron chi connectivity index (χ4n) is 1.74. The number of benzene rings is 1. The molecule has 1 aromatic rings. The van der Waals surface area contributed by atoms with Crippen LogP contribution in [0.3, 0.4) is 0 Å². The molecule has 1 saturated heterocycles.